The van der Waals surface area contributed by atoms with E-state index in [1.54, 1.807) is 18.2 Å². The minimum atomic E-state index is -4.85. The highest BCUT2D eigenvalue weighted by Gasteiger charge is 2.31. The molecule has 0 aliphatic carbocycles. The van der Waals surface area contributed by atoms with Crippen molar-refractivity contribution in [3.63, 3.8) is 0 Å². The van der Waals surface area contributed by atoms with Gasteiger partial charge in [-0.15, -0.1) is 26.3 Å². The van der Waals surface area contributed by atoms with E-state index in [-0.39, 0.29) is 30.9 Å². The van der Waals surface area contributed by atoms with Crippen LogP contribution in [0.5, 0.6) is 17.2 Å². The first-order valence-corrected chi connectivity index (χ1v) is 12.8. The maximum atomic E-state index is 12.6. The number of carboxylic acid groups (broad SMARTS) is 1. The number of ether oxygens (including phenoxy) is 3. The molecule has 0 spiro atoms. The number of carbonyl (C=O) groups excluding carboxylic acids is 1. The lowest BCUT2D eigenvalue weighted by Crippen LogP contribution is -2.25. The van der Waals surface area contributed by atoms with Crippen molar-refractivity contribution in [2.24, 2.45) is 0 Å². The molecular formula is C31H23F6NO6. The molecule has 0 heterocycles. The fourth-order valence-electron chi connectivity index (χ4n) is 4.11. The third-order valence-corrected chi connectivity index (χ3v) is 6.06. The Bertz CT molecular complexity index is 1580. The second kappa shape index (κ2) is 13.4. The van der Waals surface area contributed by atoms with Crippen LogP contribution in [0.2, 0.25) is 0 Å². The Morgan fingerprint density at radius 3 is 1.68 bits per heavy atom. The Morgan fingerprint density at radius 1 is 0.659 bits per heavy atom. The summed E-state index contributed by atoms with van der Waals surface area (Å²) in [6.45, 7) is -0.0592. The van der Waals surface area contributed by atoms with E-state index in [1.165, 1.54) is 72.8 Å². The number of carbonyl (C=O) groups is 2. The number of benzene rings is 4. The number of hydrogen-bond donors (Lipinski definition) is 2. The molecule has 0 unspecified atom stereocenters. The average molecular weight is 620 g/mol. The van der Waals surface area contributed by atoms with Crippen LogP contribution in [0.4, 0.5) is 26.3 Å². The van der Waals surface area contributed by atoms with Gasteiger partial charge in [-0.3, -0.25) is 9.59 Å². The minimum absolute atomic E-state index is 0.0244. The Labute approximate surface area is 246 Å². The fourth-order valence-corrected chi connectivity index (χ4v) is 4.11. The first-order valence-electron chi connectivity index (χ1n) is 12.8. The van der Waals surface area contributed by atoms with Gasteiger partial charge in [-0.2, -0.15) is 0 Å². The second-order valence-corrected chi connectivity index (χ2v) is 9.23. The zero-order chi connectivity index (χ0) is 31.9. The van der Waals surface area contributed by atoms with Gasteiger partial charge in [0.2, 0.25) is 0 Å². The molecule has 0 saturated carbocycles. The molecule has 0 atom stereocenters. The van der Waals surface area contributed by atoms with Crippen LogP contribution in [0.3, 0.4) is 0 Å². The molecule has 13 heteroatoms. The number of halogens is 6. The fraction of sp³-hybridized carbons (Fsp3) is 0.161. The van der Waals surface area contributed by atoms with Crippen molar-refractivity contribution in [3.05, 3.63) is 102 Å². The van der Waals surface area contributed by atoms with Crippen LogP contribution in [0.25, 0.3) is 22.3 Å². The van der Waals surface area contributed by atoms with E-state index in [0.717, 1.165) is 0 Å². The van der Waals surface area contributed by atoms with Gasteiger partial charge in [0.05, 0.1) is 6.42 Å². The molecule has 4 aromatic rings. The van der Waals surface area contributed by atoms with Gasteiger partial charge >= 0.3 is 18.7 Å². The van der Waals surface area contributed by atoms with E-state index in [4.69, 9.17) is 9.84 Å². The average Bonchev–Trinajstić information content (AvgIpc) is 2.95. The van der Waals surface area contributed by atoms with Crippen LogP contribution < -0.4 is 19.5 Å². The highest BCUT2D eigenvalue weighted by atomic mass is 19.4. The quantitative estimate of drug-likeness (QED) is 0.168. The molecular weight excluding hydrogens is 596 g/mol. The molecule has 7 nitrogen and oxygen atoms in total. The number of carboxylic acids is 1. The number of hydrogen-bond acceptors (Lipinski definition) is 5. The summed E-state index contributed by atoms with van der Waals surface area (Å²) >= 11 is 0. The van der Waals surface area contributed by atoms with Crippen molar-refractivity contribution < 1.29 is 55.2 Å². The van der Waals surface area contributed by atoms with Crippen LogP contribution >= 0.6 is 0 Å². The molecule has 1 amide bonds. The van der Waals surface area contributed by atoms with Crippen molar-refractivity contribution in [1.82, 2.24) is 5.32 Å². The van der Waals surface area contributed by atoms with Crippen LogP contribution in [0.15, 0.2) is 91.0 Å². The predicted octanol–water partition coefficient (Wildman–Crippen LogP) is 7.60. The predicted molar refractivity (Wildman–Crippen MR) is 146 cm³/mol. The second-order valence-electron chi connectivity index (χ2n) is 9.23. The van der Waals surface area contributed by atoms with E-state index in [2.05, 4.69) is 14.8 Å². The first kappa shape index (κ1) is 31.7. The molecule has 0 fully saturated rings. The smallest absolute Gasteiger partial charge is 0.489 e. The third kappa shape index (κ3) is 9.41. The van der Waals surface area contributed by atoms with E-state index in [0.29, 0.717) is 33.6 Å². The van der Waals surface area contributed by atoms with Crippen molar-refractivity contribution in [2.45, 2.75) is 25.8 Å². The van der Waals surface area contributed by atoms with Gasteiger partial charge in [-0.05, 0) is 82.4 Å². The normalized spacial score (nSPS) is 11.5. The highest BCUT2D eigenvalue weighted by molar-refractivity contribution is 5.94. The summed E-state index contributed by atoms with van der Waals surface area (Å²) < 4.78 is 89.3. The molecule has 4 rings (SSSR count). The Balaban J connectivity index is 1.57. The molecule has 2 N–H and O–H groups in total. The number of rotatable bonds is 11. The van der Waals surface area contributed by atoms with E-state index < -0.39 is 30.4 Å². The van der Waals surface area contributed by atoms with Crippen LogP contribution in [0, 0.1) is 0 Å². The number of amides is 1. The lowest BCUT2D eigenvalue weighted by Gasteiger charge is -2.15. The molecule has 0 aliphatic rings. The maximum Gasteiger partial charge on any atom is 0.573 e. The van der Waals surface area contributed by atoms with Gasteiger partial charge in [-0.25, -0.2) is 0 Å². The summed E-state index contributed by atoms with van der Waals surface area (Å²) in [6.07, 6.45) is -9.91. The summed E-state index contributed by atoms with van der Waals surface area (Å²) in [5.41, 5.74) is 3.23. The minimum Gasteiger partial charge on any atom is -0.489 e. The Kier molecular flexibility index (Phi) is 9.67. The highest BCUT2D eigenvalue weighted by Crippen LogP contribution is 2.33. The lowest BCUT2D eigenvalue weighted by molar-refractivity contribution is -0.275. The Hall–Kier alpha value is -5.20. The molecule has 0 saturated heterocycles. The number of alkyl halides is 6. The van der Waals surface area contributed by atoms with Crippen molar-refractivity contribution >= 4 is 11.9 Å². The molecule has 0 aliphatic heterocycles. The molecule has 0 aromatic heterocycles. The summed E-state index contributed by atoms with van der Waals surface area (Å²) in [7, 11) is 0. The SMILES string of the molecule is O=C(O)CCNC(=O)c1ccc(OCc2cc(-c3ccc(OC(F)(F)F)cc3)ccc2-c2ccc(OC(F)(F)F)cc2)cc1. The van der Waals surface area contributed by atoms with E-state index in [9.17, 15) is 35.9 Å². The first-order chi connectivity index (χ1) is 20.8. The van der Waals surface area contributed by atoms with Crippen molar-refractivity contribution in [2.75, 3.05) is 6.54 Å². The van der Waals surface area contributed by atoms with Gasteiger partial charge in [0.25, 0.3) is 5.91 Å². The maximum absolute atomic E-state index is 12.6. The summed E-state index contributed by atoms with van der Waals surface area (Å²) in [5, 5.41) is 11.2. The summed E-state index contributed by atoms with van der Waals surface area (Å²) in [4.78, 5) is 22.8. The summed E-state index contributed by atoms with van der Waals surface area (Å²) in [5.74, 6) is -1.91. The standard InChI is InChI=1S/C31H23F6NO6/c32-30(33,34)43-25-10-1-19(2-11-25)22-7-14-27(20-3-12-26(13-4-20)44-31(35,36)37)23(17-22)18-42-24-8-5-21(6-9-24)29(41)38-16-15-28(39)40/h1-14,17H,15-16,18H2,(H,38,41)(H,39,40). The topological polar surface area (TPSA) is 94.1 Å². The van der Waals surface area contributed by atoms with Crippen molar-refractivity contribution in [3.8, 4) is 39.5 Å². The number of aliphatic carboxylic acids is 1. The monoisotopic (exact) mass is 619 g/mol. The van der Waals surface area contributed by atoms with E-state index in [1.807, 2.05) is 0 Å². The molecule has 230 valence electrons. The Morgan fingerprint density at radius 2 is 1.16 bits per heavy atom. The molecule has 0 bridgehead atoms. The van der Waals surface area contributed by atoms with Gasteiger partial charge < -0.3 is 24.6 Å². The van der Waals surface area contributed by atoms with Crippen LogP contribution in [0.1, 0.15) is 22.3 Å². The van der Waals surface area contributed by atoms with Gasteiger partial charge in [-0.1, -0.05) is 36.4 Å². The zero-order valence-electron chi connectivity index (χ0n) is 22.5. The summed E-state index contributed by atoms with van der Waals surface area (Å²) in [6, 6.07) is 21.7. The largest absolute Gasteiger partial charge is 0.573 e. The lowest BCUT2D eigenvalue weighted by atomic mass is 9.95. The van der Waals surface area contributed by atoms with Gasteiger partial charge in [0.1, 0.15) is 23.9 Å². The zero-order valence-corrected chi connectivity index (χ0v) is 22.5. The third-order valence-electron chi connectivity index (χ3n) is 6.06. The van der Waals surface area contributed by atoms with Gasteiger partial charge in [0.15, 0.2) is 0 Å². The van der Waals surface area contributed by atoms with Crippen LogP contribution in [-0.2, 0) is 11.4 Å². The molecule has 44 heavy (non-hydrogen) atoms. The van der Waals surface area contributed by atoms with Crippen molar-refractivity contribution in [1.29, 1.82) is 0 Å². The van der Waals surface area contributed by atoms with E-state index >= 15 is 0 Å². The van der Waals surface area contributed by atoms with Gasteiger partial charge in [0, 0.05) is 12.1 Å². The number of nitrogens with one attached hydrogen (secondary N) is 1. The van der Waals surface area contributed by atoms with Crippen LogP contribution in [-0.4, -0.2) is 36.3 Å². The molecule has 0 radical (unpaired) electrons. The molecule has 4 aromatic carbocycles.